The van der Waals surface area contributed by atoms with Gasteiger partial charge in [-0.05, 0) is 48.7 Å². The Bertz CT molecular complexity index is 822. The van der Waals surface area contributed by atoms with Crippen LogP contribution in [0.25, 0.3) is 0 Å². The second-order valence-corrected chi connectivity index (χ2v) is 9.11. The molecule has 1 amide bonds. The van der Waals surface area contributed by atoms with Crippen molar-refractivity contribution in [3.8, 4) is 0 Å². The fourth-order valence-electron chi connectivity index (χ4n) is 2.33. The van der Waals surface area contributed by atoms with E-state index in [1.165, 1.54) is 12.1 Å². The van der Waals surface area contributed by atoms with Crippen molar-refractivity contribution in [3.63, 3.8) is 0 Å². The minimum absolute atomic E-state index is 0.151. The van der Waals surface area contributed by atoms with Crippen LogP contribution >= 0.6 is 15.9 Å². The molecule has 2 aromatic carbocycles. The Labute approximate surface area is 163 Å². The van der Waals surface area contributed by atoms with Crippen LogP contribution in [-0.4, -0.2) is 27.4 Å². The number of carbonyl (C=O) groups excluding carboxylic acids is 1. The highest BCUT2D eigenvalue weighted by atomic mass is 79.9. The summed E-state index contributed by atoms with van der Waals surface area (Å²) in [6, 6.07) is 15.0. The van der Waals surface area contributed by atoms with Gasteiger partial charge < -0.3 is 5.32 Å². The van der Waals surface area contributed by atoms with E-state index < -0.39 is 10.0 Å². The van der Waals surface area contributed by atoms with Crippen LogP contribution in [0.2, 0.25) is 0 Å². The largest absolute Gasteiger partial charge is 0.355 e. The Kier molecular flexibility index (Phi) is 7.23. The summed E-state index contributed by atoms with van der Waals surface area (Å²) in [5.74, 6) is 0.138. The summed E-state index contributed by atoms with van der Waals surface area (Å²) in [6.45, 7) is 4.40. The molecule has 0 atom stereocenters. The molecule has 140 valence electrons. The molecule has 0 saturated carbocycles. The molecule has 0 heterocycles. The van der Waals surface area contributed by atoms with Gasteiger partial charge in [-0.2, -0.15) is 0 Å². The average molecular weight is 439 g/mol. The van der Waals surface area contributed by atoms with E-state index in [1.807, 2.05) is 0 Å². The van der Waals surface area contributed by atoms with Gasteiger partial charge in [0.1, 0.15) is 6.54 Å². The van der Waals surface area contributed by atoms with E-state index in [2.05, 4.69) is 35.1 Å². The van der Waals surface area contributed by atoms with Gasteiger partial charge in [-0.3, -0.25) is 9.10 Å². The Hall–Kier alpha value is -1.86. The molecule has 0 saturated heterocycles. The third-order valence-corrected chi connectivity index (χ3v) is 6.09. The van der Waals surface area contributed by atoms with Crippen LogP contribution in [0, 0.1) is 5.92 Å². The van der Waals surface area contributed by atoms with E-state index in [0.29, 0.717) is 18.2 Å². The van der Waals surface area contributed by atoms with E-state index in [-0.39, 0.29) is 17.3 Å². The molecule has 0 unspecified atom stereocenters. The summed E-state index contributed by atoms with van der Waals surface area (Å²) in [5.41, 5.74) is 0.441. The molecule has 0 aliphatic carbocycles. The van der Waals surface area contributed by atoms with Crippen molar-refractivity contribution in [2.45, 2.75) is 25.2 Å². The third-order valence-electron chi connectivity index (χ3n) is 3.78. The molecule has 0 aliphatic heterocycles. The standard InChI is InChI=1S/C19H23BrN2O3S/c1-15(2)12-13-21-19(23)14-22(17-10-8-16(20)9-11-17)26(24,25)18-6-4-3-5-7-18/h3-11,15H,12-14H2,1-2H3,(H,21,23). The minimum Gasteiger partial charge on any atom is -0.355 e. The van der Waals surface area contributed by atoms with Gasteiger partial charge in [0.15, 0.2) is 0 Å². The van der Waals surface area contributed by atoms with E-state index in [9.17, 15) is 13.2 Å². The van der Waals surface area contributed by atoms with Gasteiger partial charge in [0.05, 0.1) is 10.6 Å². The molecule has 26 heavy (non-hydrogen) atoms. The number of hydrogen-bond acceptors (Lipinski definition) is 3. The lowest BCUT2D eigenvalue weighted by molar-refractivity contribution is -0.119. The maximum Gasteiger partial charge on any atom is 0.264 e. The van der Waals surface area contributed by atoms with Gasteiger partial charge in [-0.25, -0.2) is 8.42 Å². The van der Waals surface area contributed by atoms with Crippen LogP contribution < -0.4 is 9.62 Å². The molecule has 5 nitrogen and oxygen atoms in total. The smallest absolute Gasteiger partial charge is 0.264 e. The number of carbonyl (C=O) groups is 1. The molecular formula is C19H23BrN2O3S. The van der Waals surface area contributed by atoms with E-state index >= 15 is 0 Å². The van der Waals surface area contributed by atoms with Crippen molar-refractivity contribution in [2.75, 3.05) is 17.4 Å². The minimum atomic E-state index is -3.85. The first-order valence-corrected chi connectivity index (χ1v) is 10.6. The van der Waals surface area contributed by atoms with Crippen molar-refractivity contribution in [1.29, 1.82) is 0 Å². The fourth-order valence-corrected chi connectivity index (χ4v) is 4.04. The number of rotatable bonds is 8. The molecule has 0 radical (unpaired) electrons. The van der Waals surface area contributed by atoms with Gasteiger partial charge in [0.25, 0.3) is 10.0 Å². The van der Waals surface area contributed by atoms with Crippen molar-refractivity contribution in [2.24, 2.45) is 5.92 Å². The van der Waals surface area contributed by atoms with Crippen molar-refractivity contribution < 1.29 is 13.2 Å². The lowest BCUT2D eigenvalue weighted by Crippen LogP contribution is -2.41. The quantitative estimate of drug-likeness (QED) is 0.681. The second kappa shape index (κ2) is 9.19. The predicted molar refractivity (Wildman–Crippen MR) is 108 cm³/mol. The number of sulfonamides is 1. The number of amides is 1. The second-order valence-electron chi connectivity index (χ2n) is 6.33. The summed E-state index contributed by atoms with van der Waals surface area (Å²) < 4.78 is 28.1. The zero-order chi connectivity index (χ0) is 19.2. The molecule has 0 aliphatic rings. The summed E-state index contributed by atoms with van der Waals surface area (Å²) in [4.78, 5) is 12.5. The van der Waals surface area contributed by atoms with E-state index in [1.54, 1.807) is 42.5 Å². The lowest BCUT2D eigenvalue weighted by Gasteiger charge is -2.24. The van der Waals surface area contributed by atoms with Crippen molar-refractivity contribution in [1.82, 2.24) is 5.32 Å². The number of benzene rings is 2. The Morgan fingerprint density at radius 1 is 1.08 bits per heavy atom. The first-order valence-electron chi connectivity index (χ1n) is 8.41. The van der Waals surface area contributed by atoms with Gasteiger partial charge in [0, 0.05) is 11.0 Å². The number of hydrogen-bond donors (Lipinski definition) is 1. The van der Waals surface area contributed by atoms with Gasteiger partial charge in [0.2, 0.25) is 5.91 Å². The van der Waals surface area contributed by atoms with E-state index in [4.69, 9.17) is 0 Å². The summed E-state index contributed by atoms with van der Waals surface area (Å²) in [7, 11) is -3.85. The third kappa shape index (κ3) is 5.57. The Morgan fingerprint density at radius 3 is 2.27 bits per heavy atom. The van der Waals surface area contributed by atoms with Crippen LogP contribution in [0.4, 0.5) is 5.69 Å². The molecule has 0 aromatic heterocycles. The highest BCUT2D eigenvalue weighted by Crippen LogP contribution is 2.25. The highest BCUT2D eigenvalue weighted by molar-refractivity contribution is 9.10. The molecule has 0 bridgehead atoms. The van der Waals surface area contributed by atoms with Crippen molar-refractivity contribution >= 4 is 37.5 Å². The average Bonchev–Trinajstić information content (AvgIpc) is 2.61. The highest BCUT2D eigenvalue weighted by Gasteiger charge is 2.26. The maximum absolute atomic E-state index is 13.1. The molecule has 2 rings (SSSR count). The number of anilines is 1. The van der Waals surface area contributed by atoms with Crippen LogP contribution in [-0.2, 0) is 14.8 Å². The number of nitrogens with zero attached hydrogens (tertiary/aromatic N) is 1. The molecule has 1 N–H and O–H groups in total. The molecule has 0 fully saturated rings. The van der Waals surface area contributed by atoms with E-state index in [0.717, 1.165) is 15.2 Å². The lowest BCUT2D eigenvalue weighted by atomic mass is 10.1. The van der Waals surface area contributed by atoms with Gasteiger partial charge in [-0.15, -0.1) is 0 Å². The Morgan fingerprint density at radius 2 is 1.69 bits per heavy atom. The number of halogens is 1. The normalized spacial score (nSPS) is 11.4. The van der Waals surface area contributed by atoms with Crippen LogP contribution in [0.3, 0.4) is 0 Å². The molecule has 7 heteroatoms. The van der Waals surface area contributed by atoms with Crippen LogP contribution in [0.1, 0.15) is 20.3 Å². The number of nitrogens with one attached hydrogen (secondary N) is 1. The SMILES string of the molecule is CC(C)CCNC(=O)CN(c1ccc(Br)cc1)S(=O)(=O)c1ccccc1. The Balaban J connectivity index is 2.28. The molecular weight excluding hydrogens is 416 g/mol. The van der Waals surface area contributed by atoms with Gasteiger partial charge in [-0.1, -0.05) is 48.0 Å². The van der Waals surface area contributed by atoms with Crippen molar-refractivity contribution in [3.05, 3.63) is 59.1 Å². The summed E-state index contributed by atoms with van der Waals surface area (Å²) in [5, 5.41) is 2.79. The first kappa shape index (κ1) is 20.5. The monoisotopic (exact) mass is 438 g/mol. The predicted octanol–water partition coefficient (Wildman–Crippen LogP) is 3.81. The topological polar surface area (TPSA) is 66.5 Å². The van der Waals surface area contributed by atoms with Crippen LogP contribution in [0.5, 0.6) is 0 Å². The zero-order valence-electron chi connectivity index (χ0n) is 14.9. The maximum atomic E-state index is 13.1. The summed E-state index contributed by atoms with van der Waals surface area (Å²) in [6.07, 6.45) is 0.843. The molecule has 0 spiro atoms. The fraction of sp³-hybridized carbons (Fsp3) is 0.316. The van der Waals surface area contributed by atoms with Crippen LogP contribution in [0.15, 0.2) is 64.0 Å². The molecule has 2 aromatic rings. The zero-order valence-corrected chi connectivity index (χ0v) is 17.3. The summed E-state index contributed by atoms with van der Waals surface area (Å²) >= 11 is 3.34. The van der Waals surface area contributed by atoms with Gasteiger partial charge >= 0.3 is 0 Å². The first-order chi connectivity index (χ1) is 12.3.